The molecule has 3 nitrogen and oxygen atoms in total. The Morgan fingerprint density at radius 1 is 1.16 bits per heavy atom. The van der Waals surface area contributed by atoms with E-state index in [0.717, 1.165) is 25.5 Å². The average Bonchev–Trinajstić information content (AvgIpc) is 2.78. The van der Waals surface area contributed by atoms with Crippen molar-refractivity contribution in [3.05, 3.63) is 52.6 Å². The van der Waals surface area contributed by atoms with E-state index in [1.54, 1.807) is 0 Å². The molecule has 0 radical (unpaired) electrons. The maximum absolute atomic E-state index is 4.43. The molecule has 102 valence electrons. The highest BCUT2D eigenvalue weighted by Crippen LogP contribution is 2.18. The summed E-state index contributed by atoms with van der Waals surface area (Å²) in [5, 5.41) is 3.33. The van der Waals surface area contributed by atoms with E-state index < -0.39 is 0 Å². The number of hydrogen-bond acceptors (Lipinski definition) is 2. The summed E-state index contributed by atoms with van der Waals surface area (Å²) in [6.07, 6.45) is 3.94. The Morgan fingerprint density at radius 3 is 2.47 bits per heavy atom. The molecular weight excluding hydrogens is 234 g/mol. The molecule has 0 unspecified atom stereocenters. The van der Waals surface area contributed by atoms with Crippen LogP contribution in [0.15, 0.2) is 24.5 Å². The molecule has 3 heteroatoms. The number of hydrogen-bond donors (Lipinski definition) is 1. The van der Waals surface area contributed by atoms with E-state index in [1.165, 1.54) is 22.3 Å². The fourth-order valence-electron chi connectivity index (χ4n) is 2.52. The van der Waals surface area contributed by atoms with E-state index in [4.69, 9.17) is 0 Å². The van der Waals surface area contributed by atoms with Crippen LogP contribution in [-0.2, 0) is 13.1 Å². The summed E-state index contributed by atoms with van der Waals surface area (Å²) < 4.78 is 2.23. The van der Waals surface area contributed by atoms with Gasteiger partial charge in [-0.15, -0.1) is 0 Å². The van der Waals surface area contributed by atoms with Gasteiger partial charge in [0.25, 0.3) is 0 Å². The van der Waals surface area contributed by atoms with Crippen LogP contribution in [0.1, 0.15) is 35.0 Å². The molecule has 2 aromatic rings. The van der Waals surface area contributed by atoms with Gasteiger partial charge in [-0.2, -0.15) is 0 Å². The Bertz CT molecular complexity index is 532. The van der Waals surface area contributed by atoms with Crippen molar-refractivity contribution < 1.29 is 0 Å². The first-order valence-electron chi connectivity index (χ1n) is 6.89. The van der Waals surface area contributed by atoms with Crippen LogP contribution in [0.4, 0.5) is 0 Å². The molecule has 0 amide bonds. The summed E-state index contributed by atoms with van der Waals surface area (Å²) in [4.78, 5) is 4.43. The van der Waals surface area contributed by atoms with Gasteiger partial charge in [-0.3, -0.25) is 0 Å². The second-order valence-corrected chi connectivity index (χ2v) is 5.13. The first-order valence-corrected chi connectivity index (χ1v) is 6.89. The van der Waals surface area contributed by atoms with Gasteiger partial charge in [0, 0.05) is 18.9 Å². The Morgan fingerprint density at radius 2 is 1.84 bits per heavy atom. The van der Waals surface area contributed by atoms with E-state index in [-0.39, 0.29) is 0 Å². The van der Waals surface area contributed by atoms with Gasteiger partial charge < -0.3 is 9.88 Å². The number of nitrogens with zero attached hydrogens (tertiary/aromatic N) is 2. The standard InChI is InChI=1S/C16H23N3/c1-5-17-10-16-18-6-7-19(16)11-15-13(3)8-12(2)9-14(15)4/h6-9,17H,5,10-11H2,1-4H3. The molecule has 0 saturated heterocycles. The lowest BCUT2D eigenvalue weighted by Crippen LogP contribution is -2.17. The van der Waals surface area contributed by atoms with Crippen LogP contribution in [-0.4, -0.2) is 16.1 Å². The first kappa shape index (κ1) is 13.8. The highest BCUT2D eigenvalue weighted by molar-refractivity contribution is 5.37. The van der Waals surface area contributed by atoms with Crippen LogP contribution in [0.5, 0.6) is 0 Å². The number of benzene rings is 1. The van der Waals surface area contributed by atoms with E-state index in [1.807, 2.05) is 6.20 Å². The molecule has 0 bridgehead atoms. The smallest absolute Gasteiger partial charge is 0.122 e. The molecule has 1 N–H and O–H groups in total. The minimum atomic E-state index is 0.827. The summed E-state index contributed by atoms with van der Waals surface area (Å²) in [5.74, 6) is 1.10. The molecule has 19 heavy (non-hydrogen) atoms. The summed E-state index contributed by atoms with van der Waals surface area (Å²) in [6, 6.07) is 4.51. The van der Waals surface area contributed by atoms with Crippen LogP contribution in [0.2, 0.25) is 0 Å². The molecule has 1 aromatic heterocycles. The number of imidazole rings is 1. The lowest BCUT2D eigenvalue weighted by Gasteiger charge is -2.14. The summed E-state index contributed by atoms with van der Waals surface area (Å²) >= 11 is 0. The van der Waals surface area contributed by atoms with Gasteiger partial charge in [-0.25, -0.2) is 4.98 Å². The third-order valence-electron chi connectivity index (χ3n) is 3.50. The molecule has 0 fully saturated rings. The Balaban J connectivity index is 2.24. The lowest BCUT2D eigenvalue weighted by atomic mass is 10.00. The second kappa shape index (κ2) is 6.02. The monoisotopic (exact) mass is 257 g/mol. The largest absolute Gasteiger partial charge is 0.329 e. The number of rotatable bonds is 5. The Hall–Kier alpha value is -1.61. The van der Waals surface area contributed by atoms with Crippen molar-refractivity contribution in [1.29, 1.82) is 0 Å². The third-order valence-corrected chi connectivity index (χ3v) is 3.50. The SMILES string of the molecule is CCNCc1nccn1Cc1c(C)cc(C)cc1C. The molecule has 0 aliphatic heterocycles. The van der Waals surface area contributed by atoms with Crippen molar-refractivity contribution in [3.63, 3.8) is 0 Å². The molecule has 0 aliphatic rings. The van der Waals surface area contributed by atoms with Gasteiger partial charge in [0.2, 0.25) is 0 Å². The summed E-state index contributed by atoms with van der Waals surface area (Å²) in [5.41, 5.74) is 5.46. The minimum absolute atomic E-state index is 0.827. The molecular formula is C16H23N3. The Labute approximate surface area is 115 Å². The second-order valence-electron chi connectivity index (χ2n) is 5.13. The average molecular weight is 257 g/mol. The van der Waals surface area contributed by atoms with Crippen molar-refractivity contribution >= 4 is 0 Å². The molecule has 1 heterocycles. The third kappa shape index (κ3) is 3.24. The highest BCUT2D eigenvalue weighted by Gasteiger charge is 2.07. The topological polar surface area (TPSA) is 29.9 Å². The first-order chi connectivity index (χ1) is 9.11. The van der Waals surface area contributed by atoms with Gasteiger partial charge >= 0.3 is 0 Å². The maximum atomic E-state index is 4.43. The fourth-order valence-corrected chi connectivity index (χ4v) is 2.52. The van der Waals surface area contributed by atoms with Gasteiger partial charge in [0.1, 0.15) is 5.82 Å². The summed E-state index contributed by atoms with van der Waals surface area (Å²) in [6.45, 7) is 11.3. The number of aromatic nitrogens is 2. The van der Waals surface area contributed by atoms with Gasteiger partial charge in [-0.1, -0.05) is 24.6 Å². The van der Waals surface area contributed by atoms with E-state index >= 15 is 0 Å². The normalized spacial score (nSPS) is 10.9. The van der Waals surface area contributed by atoms with Crippen LogP contribution in [0, 0.1) is 20.8 Å². The maximum Gasteiger partial charge on any atom is 0.122 e. The highest BCUT2D eigenvalue weighted by atomic mass is 15.1. The van der Waals surface area contributed by atoms with Crippen molar-refractivity contribution in [1.82, 2.24) is 14.9 Å². The number of nitrogens with one attached hydrogen (secondary N) is 1. The zero-order chi connectivity index (χ0) is 13.8. The van der Waals surface area contributed by atoms with Crippen molar-refractivity contribution in [2.24, 2.45) is 0 Å². The van der Waals surface area contributed by atoms with E-state index in [9.17, 15) is 0 Å². The lowest BCUT2D eigenvalue weighted by molar-refractivity contribution is 0.637. The van der Waals surface area contributed by atoms with Gasteiger partial charge in [0.15, 0.2) is 0 Å². The van der Waals surface area contributed by atoms with Gasteiger partial charge in [-0.05, 0) is 44.0 Å². The molecule has 0 atom stereocenters. The molecule has 0 spiro atoms. The molecule has 0 aliphatic carbocycles. The van der Waals surface area contributed by atoms with Gasteiger partial charge in [0.05, 0.1) is 6.54 Å². The molecule has 2 rings (SSSR count). The Kier molecular flexibility index (Phi) is 4.38. The van der Waals surface area contributed by atoms with Crippen LogP contribution in [0.3, 0.4) is 0 Å². The van der Waals surface area contributed by atoms with Crippen molar-refractivity contribution in [2.75, 3.05) is 6.54 Å². The van der Waals surface area contributed by atoms with Crippen LogP contribution >= 0.6 is 0 Å². The van der Waals surface area contributed by atoms with Crippen molar-refractivity contribution in [3.8, 4) is 0 Å². The van der Waals surface area contributed by atoms with Crippen molar-refractivity contribution in [2.45, 2.75) is 40.8 Å². The zero-order valence-corrected chi connectivity index (χ0v) is 12.3. The van der Waals surface area contributed by atoms with Crippen LogP contribution in [0.25, 0.3) is 0 Å². The molecule has 1 aromatic carbocycles. The number of aryl methyl sites for hydroxylation is 3. The molecule has 0 saturated carbocycles. The predicted molar refractivity (Wildman–Crippen MR) is 79.4 cm³/mol. The zero-order valence-electron chi connectivity index (χ0n) is 12.3. The van der Waals surface area contributed by atoms with E-state index in [2.05, 4.69) is 60.9 Å². The predicted octanol–water partition coefficient (Wildman–Crippen LogP) is 2.97. The van der Waals surface area contributed by atoms with Crippen LogP contribution < -0.4 is 5.32 Å². The van der Waals surface area contributed by atoms with E-state index in [0.29, 0.717) is 0 Å². The fraction of sp³-hybridized carbons (Fsp3) is 0.438. The summed E-state index contributed by atoms with van der Waals surface area (Å²) in [7, 11) is 0. The minimum Gasteiger partial charge on any atom is -0.329 e. The quantitative estimate of drug-likeness (QED) is 0.892.